The van der Waals surface area contributed by atoms with Crippen LogP contribution in [-0.2, 0) is 9.59 Å². The van der Waals surface area contributed by atoms with E-state index < -0.39 is 0 Å². The summed E-state index contributed by atoms with van der Waals surface area (Å²) in [5.41, 5.74) is 0.668. The molecule has 2 heterocycles. The number of thioether (sulfide) groups is 1. The first-order chi connectivity index (χ1) is 15.4. The monoisotopic (exact) mass is 456 g/mol. The first-order valence-corrected chi connectivity index (χ1v) is 12.5. The molecule has 1 aliphatic carbocycles. The minimum atomic E-state index is -0.00780. The van der Waals surface area contributed by atoms with Crippen LogP contribution in [0, 0.1) is 11.8 Å². The number of carbonyl (C=O) groups excluding carboxylic acids is 2. The number of piperazine rings is 1. The highest BCUT2D eigenvalue weighted by Crippen LogP contribution is 2.38. The Bertz CT molecular complexity index is 1060. The number of rotatable bonds is 4. The molecule has 1 aromatic heterocycles. The number of carbonyl (C=O) groups is 2. The Labute approximate surface area is 193 Å². The van der Waals surface area contributed by atoms with Crippen LogP contribution >= 0.6 is 11.8 Å². The summed E-state index contributed by atoms with van der Waals surface area (Å²) in [7, 11) is 0. The molecular weight excluding hydrogens is 424 g/mol. The highest BCUT2D eigenvalue weighted by Gasteiger charge is 2.32. The van der Waals surface area contributed by atoms with Crippen LogP contribution in [0.1, 0.15) is 46.1 Å². The lowest BCUT2D eigenvalue weighted by atomic mass is 9.78. The SMILES string of the molecule is CC(=O)N1CCN(C(=O)CSc2nc3ccccc3c(=O)n2[C@@H]2CCC[C@H](C)[C@H]2C)CC1. The minimum absolute atomic E-state index is 0.00780. The van der Waals surface area contributed by atoms with Crippen molar-refractivity contribution in [3.8, 4) is 0 Å². The topological polar surface area (TPSA) is 75.5 Å². The van der Waals surface area contributed by atoms with Crippen molar-refractivity contribution >= 4 is 34.5 Å². The summed E-state index contributed by atoms with van der Waals surface area (Å²) in [5.74, 6) is 1.23. The Morgan fingerprint density at radius 3 is 2.47 bits per heavy atom. The van der Waals surface area contributed by atoms with Gasteiger partial charge in [-0.2, -0.15) is 0 Å². The molecule has 1 aromatic carbocycles. The van der Waals surface area contributed by atoms with Crippen LogP contribution in [0.2, 0.25) is 0 Å². The van der Waals surface area contributed by atoms with Crippen LogP contribution in [-0.4, -0.2) is 63.1 Å². The number of aromatic nitrogens is 2. The fraction of sp³-hybridized carbons (Fsp3) is 0.583. The summed E-state index contributed by atoms with van der Waals surface area (Å²) >= 11 is 1.36. The van der Waals surface area contributed by atoms with Crippen molar-refractivity contribution in [1.29, 1.82) is 0 Å². The average Bonchev–Trinajstić information content (AvgIpc) is 2.80. The molecule has 0 spiro atoms. The molecular formula is C24H32N4O3S. The van der Waals surface area contributed by atoms with Gasteiger partial charge in [0.15, 0.2) is 5.16 Å². The summed E-state index contributed by atoms with van der Waals surface area (Å²) in [6.45, 7) is 8.29. The molecule has 7 nitrogen and oxygen atoms in total. The van der Waals surface area contributed by atoms with Gasteiger partial charge in [0.2, 0.25) is 11.8 Å². The fourth-order valence-corrected chi connectivity index (χ4v) is 5.88. The second-order valence-electron chi connectivity index (χ2n) is 9.10. The molecule has 0 bridgehead atoms. The Balaban J connectivity index is 1.58. The van der Waals surface area contributed by atoms with Gasteiger partial charge in [-0.05, 0) is 30.4 Å². The van der Waals surface area contributed by atoms with E-state index in [1.54, 1.807) is 16.7 Å². The van der Waals surface area contributed by atoms with Crippen LogP contribution in [0.25, 0.3) is 10.9 Å². The molecule has 1 aliphatic heterocycles. The molecule has 2 aliphatic rings. The van der Waals surface area contributed by atoms with Crippen LogP contribution in [0.3, 0.4) is 0 Å². The predicted octanol–water partition coefficient (Wildman–Crippen LogP) is 3.18. The second-order valence-corrected chi connectivity index (χ2v) is 10.0. The van der Waals surface area contributed by atoms with Gasteiger partial charge in [0.25, 0.3) is 5.56 Å². The maximum absolute atomic E-state index is 13.5. The molecule has 0 unspecified atom stereocenters. The van der Waals surface area contributed by atoms with Crippen molar-refractivity contribution in [3.63, 3.8) is 0 Å². The van der Waals surface area contributed by atoms with Crippen molar-refractivity contribution in [1.82, 2.24) is 19.4 Å². The molecule has 0 radical (unpaired) electrons. The van der Waals surface area contributed by atoms with E-state index in [2.05, 4.69) is 13.8 Å². The van der Waals surface area contributed by atoms with Gasteiger partial charge in [0.05, 0.1) is 16.7 Å². The number of hydrogen-bond acceptors (Lipinski definition) is 5. The smallest absolute Gasteiger partial charge is 0.262 e. The minimum Gasteiger partial charge on any atom is -0.339 e. The zero-order chi connectivity index (χ0) is 22.8. The number of amides is 2. The van der Waals surface area contributed by atoms with Gasteiger partial charge in [-0.25, -0.2) is 4.98 Å². The molecule has 1 saturated carbocycles. The third-order valence-electron chi connectivity index (χ3n) is 7.17. The van der Waals surface area contributed by atoms with Crippen molar-refractivity contribution in [2.24, 2.45) is 11.8 Å². The summed E-state index contributed by atoms with van der Waals surface area (Å²) in [4.78, 5) is 46.4. The lowest BCUT2D eigenvalue weighted by molar-refractivity contribution is -0.136. The van der Waals surface area contributed by atoms with E-state index in [0.717, 1.165) is 12.8 Å². The maximum atomic E-state index is 13.5. The van der Waals surface area contributed by atoms with E-state index in [4.69, 9.17) is 4.98 Å². The normalized spacial score (nSPS) is 24.0. The average molecular weight is 457 g/mol. The van der Waals surface area contributed by atoms with E-state index >= 15 is 0 Å². The third-order valence-corrected chi connectivity index (χ3v) is 8.11. The van der Waals surface area contributed by atoms with E-state index in [-0.39, 0.29) is 29.2 Å². The highest BCUT2D eigenvalue weighted by atomic mass is 32.2. The van der Waals surface area contributed by atoms with Gasteiger partial charge in [0, 0.05) is 39.1 Å². The quantitative estimate of drug-likeness (QED) is 0.522. The summed E-state index contributed by atoms with van der Waals surface area (Å²) in [5, 5.41) is 1.27. The second kappa shape index (κ2) is 9.65. The first kappa shape index (κ1) is 22.8. The fourth-order valence-electron chi connectivity index (χ4n) is 4.93. The van der Waals surface area contributed by atoms with Gasteiger partial charge < -0.3 is 9.80 Å². The predicted molar refractivity (Wildman–Crippen MR) is 127 cm³/mol. The zero-order valence-electron chi connectivity index (χ0n) is 19.1. The number of hydrogen-bond donors (Lipinski definition) is 0. The largest absolute Gasteiger partial charge is 0.339 e. The molecule has 2 aromatic rings. The number of nitrogens with zero attached hydrogens (tertiary/aromatic N) is 4. The maximum Gasteiger partial charge on any atom is 0.262 e. The van der Waals surface area contributed by atoms with Gasteiger partial charge in [-0.15, -0.1) is 0 Å². The molecule has 2 amide bonds. The van der Waals surface area contributed by atoms with Crippen molar-refractivity contribution in [2.75, 3.05) is 31.9 Å². The summed E-state index contributed by atoms with van der Waals surface area (Å²) < 4.78 is 1.87. The van der Waals surface area contributed by atoms with Crippen molar-refractivity contribution in [3.05, 3.63) is 34.6 Å². The van der Waals surface area contributed by atoms with Crippen LogP contribution in [0.5, 0.6) is 0 Å². The molecule has 172 valence electrons. The highest BCUT2D eigenvalue weighted by molar-refractivity contribution is 7.99. The first-order valence-electron chi connectivity index (χ1n) is 11.5. The van der Waals surface area contributed by atoms with Gasteiger partial charge >= 0.3 is 0 Å². The van der Waals surface area contributed by atoms with E-state index in [0.29, 0.717) is 54.1 Å². The molecule has 8 heteroatoms. The van der Waals surface area contributed by atoms with Crippen LogP contribution < -0.4 is 5.56 Å². The van der Waals surface area contributed by atoms with Gasteiger partial charge in [0.1, 0.15) is 0 Å². The Morgan fingerprint density at radius 1 is 1.06 bits per heavy atom. The Morgan fingerprint density at radius 2 is 1.75 bits per heavy atom. The number of fused-ring (bicyclic) bond motifs is 1. The zero-order valence-corrected chi connectivity index (χ0v) is 19.9. The molecule has 3 atom stereocenters. The van der Waals surface area contributed by atoms with E-state index in [1.807, 2.05) is 28.8 Å². The third kappa shape index (κ3) is 4.56. The number of benzene rings is 1. The molecule has 4 rings (SSSR count). The molecule has 0 N–H and O–H groups in total. The lowest BCUT2D eigenvalue weighted by Crippen LogP contribution is -2.50. The van der Waals surface area contributed by atoms with E-state index in [1.165, 1.54) is 18.2 Å². The summed E-state index contributed by atoms with van der Waals surface area (Å²) in [6, 6.07) is 7.56. The van der Waals surface area contributed by atoms with Crippen LogP contribution in [0.15, 0.2) is 34.2 Å². The van der Waals surface area contributed by atoms with Crippen LogP contribution in [0.4, 0.5) is 0 Å². The Hall–Kier alpha value is -2.35. The van der Waals surface area contributed by atoms with Crippen molar-refractivity contribution < 1.29 is 9.59 Å². The Kier molecular flexibility index (Phi) is 6.88. The lowest BCUT2D eigenvalue weighted by Gasteiger charge is -2.36. The number of para-hydroxylation sites is 1. The summed E-state index contributed by atoms with van der Waals surface area (Å²) in [6.07, 6.45) is 3.24. The molecule has 1 saturated heterocycles. The molecule has 2 fully saturated rings. The molecule has 32 heavy (non-hydrogen) atoms. The van der Waals surface area contributed by atoms with E-state index in [9.17, 15) is 14.4 Å². The van der Waals surface area contributed by atoms with Gasteiger partial charge in [-0.3, -0.25) is 19.0 Å². The van der Waals surface area contributed by atoms with Gasteiger partial charge in [-0.1, -0.05) is 50.6 Å². The standard InChI is InChI=1S/C24H32N4O3S/c1-16-7-6-10-21(17(16)2)28-23(31)19-8-4-5-9-20(19)25-24(28)32-15-22(30)27-13-11-26(12-14-27)18(3)29/h4-5,8-9,16-17,21H,6-7,10-15H2,1-3H3/t16-,17+,21+/m0/s1. The van der Waals surface area contributed by atoms with Crippen molar-refractivity contribution in [2.45, 2.75) is 51.2 Å².